The molecule has 2 heteroatoms. The van der Waals surface area contributed by atoms with Crippen LogP contribution in [0.5, 0.6) is 0 Å². The molecule has 58 valence electrons. The number of halogens is 1. The summed E-state index contributed by atoms with van der Waals surface area (Å²) in [5.74, 6) is 3.22. The van der Waals surface area contributed by atoms with Crippen molar-refractivity contribution in [1.82, 2.24) is 5.32 Å². The lowest BCUT2D eigenvalue weighted by molar-refractivity contribution is 0.350. The number of terminal acetylenes is 1. The molecule has 1 atom stereocenters. The Labute approximate surface area is 69.0 Å². The number of rotatable bonds is 0. The van der Waals surface area contributed by atoms with E-state index in [2.05, 4.69) is 25.1 Å². The molecular weight excluding hydrogens is 146 g/mol. The van der Waals surface area contributed by atoms with Crippen molar-refractivity contribution in [2.75, 3.05) is 13.1 Å². The fraction of sp³-hybridized carbons (Fsp3) is 0.750. The van der Waals surface area contributed by atoms with Crippen LogP contribution in [-0.2, 0) is 0 Å². The molecule has 0 spiro atoms. The fourth-order valence-electron chi connectivity index (χ4n) is 1.22. The van der Waals surface area contributed by atoms with Crippen molar-refractivity contribution in [2.24, 2.45) is 11.3 Å². The van der Waals surface area contributed by atoms with Crippen LogP contribution in [0.15, 0.2) is 0 Å². The lowest BCUT2D eigenvalue weighted by atomic mass is 9.83. The van der Waals surface area contributed by atoms with Crippen LogP contribution in [0.4, 0.5) is 0 Å². The molecule has 0 saturated carbocycles. The Morgan fingerprint density at radius 3 is 2.40 bits per heavy atom. The quantitative estimate of drug-likeness (QED) is 0.526. The average molecular weight is 160 g/mol. The summed E-state index contributed by atoms with van der Waals surface area (Å²) >= 11 is 0. The number of hydrogen-bond donors (Lipinski definition) is 1. The van der Waals surface area contributed by atoms with Gasteiger partial charge in [0.2, 0.25) is 0 Å². The van der Waals surface area contributed by atoms with Crippen LogP contribution in [0.25, 0.3) is 0 Å². The van der Waals surface area contributed by atoms with Crippen LogP contribution >= 0.6 is 12.4 Å². The van der Waals surface area contributed by atoms with Gasteiger partial charge in [0.05, 0.1) is 0 Å². The predicted octanol–water partition coefficient (Wildman–Crippen LogP) is 1.29. The Balaban J connectivity index is 0.000000810. The van der Waals surface area contributed by atoms with Crippen LogP contribution in [-0.4, -0.2) is 13.1 Å². The summed E-state index contributed by atoms with van der Waals surface area (Å²) in [6, 6.07) is 0. The maximum Gasteiger partial charge on any atom is 0.0388 e. The zero-order valence-electron chi connectivity index (χ0n) is 6.48. The molecule has 1 saturated heterocycles. The summed E-state index contributed by atoms with van der Waals surface area (Å²) in [7, 11) is 0. The molecule has 1 heterocycles. The molecule has 0 amide bonds. The van der Waals surface area contributed by atoms with Gasteiger partial charge >= 0.3 is 0 Å². The van der Waals surface area contributed by atoms with Crippen LogP contribution in [0.1, 0.15) is 13.8 Å². The Morgan fingerprint density at radius 2 is 2.20 bits per heavy atom. The highest BCUT2D eigenvalue weighted by atomic mass is 35.5. The first-order valence-electron chi connectivity index (χ1n) is 3.33. The monoisotopic (exact) mass is 159 g/mol. The van der Waals surface area contributed by atoms with Crippen molar-refractivity contribution in [2.45, 2.75) is 13.8 Å². The van der Waals surface area contributed by atoms with Crippen molar-refractivity contribution in [1.29, 1.82) is 0 Å². The average Bonchev–Trinajstić information content (AvgIpc) is 2.08. The molecular formula is C8H14ClN. The van der Waals surface area contributed by atoms with Gasteiger partial charge in [-0.05, 0) is 5.41 Å². The molecule has 0 aromatic rings. The van der Waals surface area contributed by atoms with Crippen LogP contribution in [0.2, 0.25) is 0 Å². The van der Waals surface area contributed by atoms with E-state index >= 15 is 0 Å². The van der Waals surface area contributed by atoms with Gasteiger partial charge in [-0.25, -0.2) is 0 Å². The van der Waals surface area contributed by atoms with Gasteiger partial charge < -0.3 is 5.32 Å². The molecule has 1 aliphatic rings. The SMILES string of the molecule is C#CC1CNCC1(C)C.Cl. The Bertz CT molecular complexity index is 146. The van der Waals surface area contributed by atoms with Crippen molar-refractivity contribution in [3.8, 4) is 12.3 Å². The molecule has 1 fully saturated rings. The topological polar surface area (TPSA) is 12.0 Å². The Hall–Kier alpha value is -0.190. The fourth-order valence-corrected chi connectivity index (χ4v) is 1.22. The first kappa shape index (κ1) is 9.81. The molecule has 0 radical (unpaired) electrons. The summed E-state index contributed by atoms with van der Waals surface area (Å²) in [5.41, 5.74) is 0.314. The maximum atomic E-state index is 5.32. The van der Waals surface area contributed by atoms with E-state index in [1.165, 1.54) is 0 Å². The third-order valence-corrected chi connectivity index (χ3v) is 2.07. The molecule has 0 bridgehead atoms. The van der Waals surface area contributed by atoms with E-state index < -0.39 is 0 Å². The second-order valence-electron chi connectivity index (χ2n) is 3.34. The van der Waals surface area contributed by atoms with Gasteiger partial charge in [-0.1, -0.05) is 13.8 Å². The Morgan fingerprint density at radius 1 is 1.60 bits per heavy atom. The third-order valence-electron chi connectivity index (χ3n) is 2.07. The van der Waals surface area contributed by atoms with Gasteiger partial charge in [-0.3, -0.25) is 0 Å². The van der Waals surface area contributed by atoms with E-state index in [9.17, 15) is 0 Å². The molecule has 1 N–H and O–H groups in total. The van der Waals surface area contributed by atoms with E-state index in [1.54, 1.807) is 0 Å². The van der Waals surface area contributed by atoms with Gasteiger partial charge in [0, 0.05) is 19.0 Å². The molecule has 10 heavy (non-hydrogen) atoms. The first-order chi connectivity index (χ1) is 4.17. The first-order valence-corrected chi connectivity index (χ1v) is 3.33. The van der Waals surface area contributed by atoms with E-state index in [4.69, 9.17) is 6.42 Å². The van der Waals surface area contributed by atoms with Crippen molar-refractivity contribution < 1.29 is 0 Å². The maximum absolute atomic E-state index is 5.32. The van der Waals surface area contributed by atoms with Crippen molar-refractivity contribution in [3.05, 3.63) is 0 Å². The molecule has 0 aromatic heterocycles. The minimum Gasteiger partial charge on any atom is -0.315 e. The lowest BCUT2D eigenvalue weighted by Crippen LogP contribution is -2.20. The normalized spacial score (nSPS) is 28.7. The summed E-state index contributed by atoms with van der Waals surface area (Å²) in [4.78, 5) is 0. The molecule has 1 nitrogen and oxygen atoms in total. The summed E-state index contributed by atoms with van der Waals surface area (Å²) in [5, 5.41) is 3.27. The zero-order chi connectivity index (χ0) is 6.91. The summed E-state index contributed by atoms with van der Waals surface area (Å²) in [6.07, 6.45) is 5.32. The second-order valence-corrected chi connectivity index (χ2v) is 3.34. The van der Waals surface area contributed by atoms with Crippen molar-refractivity contribution in [3.63, 3.8) is 0 Å². The predicted molar refractivity (Wildman–Crippen MR) is 46.2 cm³/mol. The van der Waals surface area contributed by atoms with E-state index in [1.807, 2.05) is 0 Å². The molecule has 1 aliphatic heterocycles. The molecule has 0 aliphatic carbocycles. The zero-order valence-corrected chi connectivity index (χ0v) is 7.29. The van der Waals surface area contributed by atoms with Gasteiger partial charge in [0.15, 0.2) is 0 Å². The van der Waals surface area contributed by atoms with E-state index in [0.29, 0.717) is 11.3 Å². The number of hydrogen-bond acceptors (Lipinski definition) is 1. The lowest BCUT2D eigenvalue weighted by Gasteiger charge is -2.20. The van der Waals surface area contributed by atoms with Gasteiger partial charge in [-0.15, -0.1) is 24.8 Å². The van der Waals surface area contributed by atoms with Crippen LogP contribution < -0.4 is 5.32 Å². The minimum absolute atomic E-state index is 0. The van der Waals surface area contributed by atoms with Gasteiger partial charge in [-0.2, -0.15) is 0 Å². The van der Waals surface area contributed by atoms with Gasteiger partial charge in [0.1, 0.15) is 0 Å². The molecule has 0 aromatic carbocycles. The highest BCUT2D eigenvalue weighted by molar-refractivity contribution is 5.85. The second kappa shape index (κ2) is 3.27. The molecule has 1 unspecified atom stereocenters. The highest BCUT2D eigenvalue weighted by Gasteiger charge is 2.32. The standard InChI is InChI=1S/C8H13N.ClH/c1-4-7-5-9-6-8(7,2)3;/h1,7,9H,5-6H2,2-3H3;1H. The Kier molecular flexibility index (Phi) is 3.21. The smallest absolute Gasteiger partial charge is 0.0388 e. The largest absolute Gasteiger partial charge is 0.315 e. The summed E-state index contributed by atoms with van der Waals surface area (Å²) < 4.78 is 0. The minimum atomic E-state index is 0. The van der Waals surface area contributed by atoms with Gasteiger partial charge in [0.25, 0.3) is 0 Å². The van der Waals surface area contributed by atoms with Crippen molar-refractivity contribution >= 4 is 12.4 Å². The van der Waals surface area contributed by atoms with Crippen LogP contribution in [0, 0.1) is 23.7 Å². The summed E-state index contributed by atoms with van der Waals surface area (Å²) in [6.45, 7) is 6.46. The highest BCUT2D eigenvalue weighted by Crippen LogP contribution is 2.28. The molecule has 1 rings (SSSR count). The third kappa shape index (κ3) is 1.65. The number of nitrogens with one attached hydrogen (secondary N) is 1. The van der Waals surface area contributed by atoms with Crippen LogP contribution in [0.3, 0.4) is 0 Å². The van der Waals surface area contributed by atoms with E-state index in [-0.39, 0.29) is 12.4 Å². The van der Waals surface area contributed by atoms with E-state index in [0.717, 1.165) is 13.1 Å².